The number of ether oxygens (including phenoxy) is 3. The molecule has 1 fully saturated rings. The van der Waals surface area contributed by atoms with E-state index < -0.39 is 17.7 Å². The van der Waals surface area contributed by atoms with Gasteiger partial charge in [-0.3, -0.25) is 9.59 Å². The van der Waals surface area contributed by atoms with Gasteiger partial charge in [0, 0.05) is 25.1 Å². The minimum atomic E-state index is -0.761. The van der Waals surface area contributed by atoms with Gasteiger partial charge in [0.15, 0.2) is 11.5 Å². The highest BCUT2D eigenvalue weighted by Crippen LogP contribution is 2.42. The zero-order chi connectivity index (χ0) is 28.1. The topological polar surface area (TPSA) is 88.5 Å². The number of hydrogen-bond acceptors (Lipinski definition) is 7. The van der Waals surface area contributed by atoms with Crippen molar-refractivity contribution >= 4 is 17.4 Å². The number of fused-ring (bicyclic) bond motifs is 1. The Hall–Kier alpha value is -3.52. The predicted octanol–water partition coefficient (Wildman–Crippen LogP) is 4.96. The summed E-state index contributed by atoms with van der Waals surface area (Å²) in [7, 11) is 1.57. The summed E-state index contributed by atoms with van der Waals surface area (Å²) < 4.78 is 17.3. The van der Waals surface area contributed by atoms with Crippen LogP contribution in [0.2, 0.25) is 0 Å². The Morgan fingerprint density at radius 2 is 1.87 bits per heavy atom. The maximum absolute atomic E-state index is 13.5. The molecule has 1 amide bonds. The van der Waals surface area contributed by atoms with Crippen molar-refractivity contribution in [3.63, 3.8) is 0 Å². The third-order valence-electron chi connectivity index (χ3n) is 7.52. The number of methoxy groups -OCH3 is 1. The van der Waals surface area contributed by atoms with Crippen LogP contribution in [-0.4, -0.2) is 72.6 Å². The average Bonchev–Trinajstić information content (AvgIpc) is 3.44. The fraction of sp³-hybridized carbons (Fsp3) is 0.484. The van der Waals surface area contributed by atoms with E-state index in [0.29, 0.717) is 42.3 Å². The molecular weight excluding hydrogens is 496 g/mol. The van der Waals surface area contributed by atoms with Crippen molar-refractivity contribution in [1.29, 1.82) is 0 Å². The number of hydrogen-bond donors (Lipinski definition) is 1. The van der Waals surface area contributed by atoms with Crippen LogP contribution in [0.15, 0.2) is 42.0 Å². The molecule has 0 aliphatic carbocycles. The standard InChI is InChI=1S/C31H40N2O6/c1-6-9-16-38-25-13-10-21(19-26(25)37-5)28-27(30(35)31(36)33(28)15-14-32(7-2)8-3)29(34)22-11-12-24-23(18-22)17-20(4)39-24/h10-13,18-20,28,34H,6-9,14-17H2,1-5H3/t20-,28-/m0/s1. The summed E-state index contributed by atoms with van der Waals surface area (Å²) in [5.74, 6) is 0.398. The number of Topliss-reactive ketones (excluding diaryl/α,β-unsaturated/α-hetero) is 1. The number of benzene rings is 2. The molecule has 0 saturated carbocycles. The molecule has 8 heteroatoms. The number of carbonyl (C=O) groups is 2. The number of aliphatic hydroxyl groups excluding tert-OH is 1. The van der Waals surface area contributed by atoms with Crippen LogP contribution in [0.5, 0.6) is 17.2 Å². The summed E-state index contributed by atoms with van der Waals surface area (Å²) in [6.07, 6.45) is 2.69. The zero-order valence-electron chi connectivity index (χ0n) is 23.7. The van der Waals surface area contributed by atoms with Gasteiger partial charge in [0.1, 0.15) is 17.6 Å². The molecule has 2 aliphatic heterocycles. The Morgan fingerprint density at radius 1 is 1.10 bits per heavy atom. The van der Waals surface area contributed by atoms with Gasteiger partial charge >= 0.3 is 0 Å². The lowest BCUT2D eigenvalue weighted by molar-refractivity contribution is -0.140. The van der Waals surface area contributed by atoms with E-state index in [1.165, 1.54) is 0 Å². The quantitative estimate of drug-likeness (QED) is 0.178. The molecule has 39 heavy (non-hydrogen) atoms. The third kappa shape index (κ3) is 5.91. The highest BCUT2D eigenvalue weighted by Gasteiger charge is 2.46. The predicted molar refractivity (Wildman–Crippen MR) is 150 cm³/mol. The zero-order valence-corrected chi connectivity index (χ0v) is 23.7. The number of aliphatic hydroxyl groups is 1. The van der Waals surface area contributed by atoms with E-state index in [1.54, 1.807) is 24.1 Å². The van der Waals surface area contributed by atoms with Crippen LogP contribution < -0.4 is 14.2 Å². The average molecular weight is 537 g/mol. The van der Waals surface area contributed by atoms with E-state index in [1.807, 2.05) is 31.2 Å². The number of carbonyl (C=O) groups excluding carboxylic acids is 2. The Morgan fingerprint density at radius 3 is 2.56 bits per heavy atom. The van der Waals surface area contributed by atoms with Crippen LogP contribution in [-0.2, 0) is 16.0 Å². The molecule has 0 aromatic heterocycles. The molecule has 0 spiro atoms. The van der Waals surface area contributed by atoms with Crippen molar-refractivity contribution in [3.8, 4) is 17.2 Å². The van der Waals surface area contributed by atoms with Gasteiger partial charge in [-0.05, 0) is 67.9 Å². The van der Waals surface area contributed by atoms with Gasteiger partial charge in [-0.15, -0.1) is 0 Å². The van der Waals surface area contributed by atoms with Gasteiger partial charge < -0.3 is 29.1 Å². The van der Waals surface area contributed by atoms with Crippen molar-refractivity contribution in [2.45, 2.75) is 59.1 Å². The molecule has 2 atom stereocenters. The minimum Gasteiger partial charge on any atom is -0.507 e. The molecule has 0 bridgehead atoms. The molecule has 2 aromatic carbocycles. The first-order valence-electron chi connectivity index (χ1n) is 13.9. The van der Waals surface area contributed by atoms with Crippen molar-refractivity contribution in [3.05, 3.63) is 58.7 Å². The van der Waals surface area contributed by atoms with E-state index in [9.17, 15) is 14.7 Å². The molecule has 2 heterocycles. The second-order valence-electron chi connectivity index (χ2n) is 10.1. The van der Waals surface area contributed by atoms with Crippen LogP contribution in [0.4, 0.5) is 0 Å². The molecule has 210 valence electrons. The van der Waals surface area contributed by atoms with Crippen LogP contribution in [0.25, 0.3) is 5.76 Å². The summed E-state index contributed by atoms with van der Waals surface area (Å²) in [4.78, 5) is 30.6. The molecule has 1 N–H and O–H groups in total. The molecule has 1 saturated heterocycles. The van der Waals surface area contributed by atoms with Gasteiger partial charge in [-0.2, -0.15) is 0 Å². The van der Waals surface area contributed by atoms with Gasteiger partial charge in [-0.1, -0.05) is 33.3 Å². The summed E-state index contributed by atoms with van der Waals surface area (Å²) in [6.45, 7) is 11.4. The highest BCUT2D eigenvalue weighted by molar-refractivity contribution is 6.46. The minimum absolute atomic E-state index is 0.0496. The Balaban J connectivity index is 1.78. The summed E-state index contributed by atoms with van der Waals surface area (Å²) in [6, 6.07) is 10.1. The maximum Gasteiger partial charge on any atom is 0.295 e. The number of likely N-dealkylation sites (N-methyl/N-ethyl adjacent to an activating group) is 1. The fourth-order valence-electron chi connectivity index (χ4n) is 5.27. The van der Waals surface area contributed by atoms with Crippen molar-refractivity contribution < 1.29 is 28.9 Å². The van der Waals surface area contributed by atoms with E-state index in [2.05, 4.69) is 25.7 Å². The molecule has 2 aliphatic rings. The highest BCUT2D eigenvalue weighted by atomic mass is 16.5. The molecule has 2 aromatic rings. The van der Waals surface area contributed by atoms with Crippen LogP contribution in [0.1, 0.15) is 63.3 Å². The molecule has 0 unspecified atom stereocenters. The Labute approximate surface area is 231 Å². The summed E-state index contributed by atoms with van der Waals surface area (Å²) in [5.41, 5.74) is 2.21. The lowest BCUT2D eigenvalue weighted by Crippen LogP contribution is -2.38. The number of nitrogens with zero attached hydrogens (tertiary/aromatic N) is 2. The van der Waals surface area contributed by atoms with Crippen LogP contribution >= 0.6 is 0 Å². The van der Waals surface area contributed by atoms with Gasteiger partial charge in [0.2, 0.25) is 0 Å². The number of amides is 1. The smallest absolute Gasteiger partial charge is 0.295 e. The van der Waals surface area contributed by atoms with Crippen LogP contribution in [0, 0.1) is 0 Å². The molecule has 0 radical (unpaired) electrons. The number of ketones is 1. The first kappa shape index (κ1) is 28.5. The van der Waals surface area contributed by atoms with Gasteiger partial charge in [0.25, 0.3) is 11.7 Å². The van der Waals surface area contributed by atoms with E-state index >= 15 is 0 Å². The second kappa shape index (κ2) is 12.6. The maximum atomic E-state index is 13.5. The van der Waals surface area contributed by atoms with Crippen molar-refractivity contribution in [2.75, 3.05) is 39.9 Å². The van der Waals surface area contributed by atoms with E-state index in [0.717, 1.165) is 43.7 Å². The third-order valence-corrected chi connectivity index (χ3v) is 7.52. The van der Waals surface area contributed by atoms with Crippen molar-refractivity contribution in [2.24, 2.45) is 0 Å². The van der Waals surface area contributed by atoms with Gasteiger partial charge in [0.05, 0.1) is 25.3 Å². The summed E-state index contributed by atoms with van der Waals surface area (Å²) >= 11 is 0. The first-order valence-corrected chi connectivity index (χ1v) is 13.9. The monoisotopic (exact) mass is 536 g/mol. The van der Waals surface area contributed by atoms with Crippen molar-refractivity contribution in [1.82, 2.24) is 9.80 Å². The lowest BCUT2D eigenvalue weighted by Gasteiger charge is -2.28. The lowest BCUT2D eigenvalue weighted by atomic mass is 9.94. The number of likely N-dealkylation sites (tertiary alicyclic amines) is 1. The molecular formula is C31H40N2O6. The normalized spacial score (nSPS) is 19.9. The Kier molecular flexibility index (Phi) is 9.17. The fourth-order valence-corrected chi connectivity index (χ4v) is 5.27. The SMILES string of the molecule is CCCCOc1ccc([C@H]2C(=C(O)c3ccc4c(c3)C[C@H](C)O4)C(=O)C(=O)N2CCN(CC)CC)cc1OC. The molecule has 8 nitrogen and oxygen atoms in total. The van der Waals surface area contributed by atoms with E-state index in [4.69, 9.17) is 14.2 Å². The molecule has 4 rings (SSSR count). The largest absolute Gasteiger partial charge is 0.507 e. The van der Waals surface area contributed by atoms with E-state index in [-0.39, 0.29) is 17.4 Å². The van der Waals surface area contributed by atoms with Crippen LogP contribution in [0.3, 0.4) is 0 Å². The number of rotatable bonds is 12. The first-order chi connectivity index (χ1) is 18.8. The summed E-state index contributed by atoms with van der Waals surface area (Å²) in [5, 5.41) is 11.5. The second-order valence-corrected chi connectivity index (χ2v) is 10.1. The number of unbranched alkanes of at least 4 members (excludes halogenated alkanes) is 1. The van der Waals surface area contributed by atoms with Gasteiger partial charge in [-0.25, -0.2) is 0 Å². The Bertz CT molecular complexity index is 1240.